The molecular weight excluding hydrogens is 521 g/mol. The molecule has 17 heteroatoms. The van der Waals surface area contributed by atoms with Crippen molar-refractivity contribution in [1.82, 2.24) is 24.8 Å². The third-order valence-electron chi connectivity index (χ3n) is 4.43. The van der Waals surface area contributed by atoms with Crippen LogP contribution in [0.5, 0.6) is 0 Å². The van der Waals surface area contributed by atoms with Gasteiger partial charge in [-0.25, -0.2) is 9.78 Å². The number of thioether (sulfide) groups is 2. The zero-order valence-electron chi connectivity index (χ0n) is 17.3. The number of nitrogens with one attached hydrogen (secondary N) is 1. The van der Waals surface area contributed by atoms with Gasteiger partial charge >= 0.3 is 5.97 Å². The van der Waals surface area contributed by atoms with Gasteiger partial charge in [0.05, 0.1) is 6.20 Å². The maximum Gasteiger partial charge on any atom is 0.352 e. The van der Waals surface area contributed by atoms with Crippen LogP contribution in [0.25, 0.3) is 0 Å². The number of amides is 2. The zero-order chi connectivity index (χ0) is 22.8. The van der Waals surface area contributed by atoms with Gasteiger partial charge in [0.1, 0.15) is 34.1 Å². The molecule has 0 saturated carbocycles. The minimum Gasteiger partial charge on any atom is -0.477 e. The number of anilines is 1. The molecule has 4 rings (SSSR count). The monoisotopic (exact) mass is 536 g/mol. The molecule has 0 bridgehead atoms. The van der Waals surface area contributed by atoms with E-state index in [0.29, 0.717) is 17.1 Å². The van der Waals surface area contributed by atoms with Gasteiger partial charge < -0.3 is 21.0 Å². The smallest absolute Gasteiger partial charge is 0.352 e. The summed E-state index contributed by atoms with van der Waals surface area (Å²) in [5.74, 6) is -1.57. The largest absolute Gasteiger partial charge is 0.477 e. The second-order valence-corrected chi connectivity index (χ2v) is 10.4. The summed E-state index contributed by atoms with van der Waals surface area (Å²) in [5.41, 5.74) is 6.28. The molecule has 2 aromatic heterocycles. The van der Waals surface area contributed by atoms with Crippen molar-refractivity contribution in [3.8, 4) is 0 Å². The molecule has 4 N–H and O–H groups in total. The molecular formula is C16H15N7NaO5S4. The Labute approximate surface area is 225 Å². The first-order valence-corrected chi connectivity index (χ1v) is 12.5. The summed E-state index contributed by atoms with van der Waals surface area (Å²) in [7, 11) is 1.28. The summed E-state index contributed by atoms with van der Waals surface area (Å²) < 4.78 is 4.63. The van der Waals surface area contributed by atoms with Crippen molar-refractivity contribution in [2.45, 2.75) is 15.6 Å². The van der Waals surface area contributed by atoms with E-state index < -0.39 is 29.2 Å². The van der Waals surface area contributed by atoms with Crippen molar-refractivity contribution < 1.29 is 24.3 Å². The number of aliphatic carboxylic acids is 1. The van der Waals surface area contributed by atoms with Crippen molar-refractivity contribution in [3.05, 3.63) is 28.5 Å². The van der Waals surface area contributed by atoms with E-state index in [1.54, 1.807) is 11.6 Å². The molecule has 169 valence electrons. The molecule has 1 radical (unpaired) electrons. The Bertz CT molecular complexity index is 1120. The van der Waals surface area contributed by atoms with E-state index in [2.05, 4.69) is 25.0 Å². The number of rotatable bonds is 8. The van der Waals surface area contributed by atoms with Crippen molar-refractivity contribution in [3.63, 3.8) is 0 Å². The number of fused-ring (bicyclic) bond motifs is 1. The standard InChI is InChI=1S/C16H15N7O5S4.Na/c1-28-21-9(7-5-31-16(17)19-7)12(24)20-10-13(25)23-11(15(26)27)6(4-30-14(10)23)3-29-8-2-18-22-32-8;/h2,5,10,14H,3-4H2,1H3,(H2,17,19)(H,20,24)(H,26,27);/b21-9-;/t10-,14-;/m1./s1. The first kappa shape index (κ1) is 25.9. The first-order valence-electron chi connectivity index (χ1n) is 8.84. The summed E-state index contributed by atoms with van der Waals surface area (Å²) >= 11 is 5.14. The zero-order valence-corrected chi connectivity index (χ0v) is 22.5. The topological polar surface area (TPSA) is 173 Å². The van der Waals surface area contributed by atoms with Gasteiger partial charge in [0.15, 0.2) is 10.8 Å². The number of β-lactam (4-membered cyclic amide) rings is 1. The van der Waals surface area contributed by atoms with Crippen LogP contribution in [0.2, 0.25) is 0 Å². The maximum atomic E-state index is 12.8. The average Bonchev–Trinajstić information content (AvgIpc) is 3.45. The molecule has 1 fully saturated rings. The Morgan fingerprint density at radius 1 is 1.48 bits per heavy atom. The SMILES string of the molecule is CO/N=C(\C(=O)N[C@@H]1C(=O)N2C(C(=O)O)=C(CSc3cnns3)CS[C@H]12)c1csc(N)n1.[Na]. The fraction of sp³-hybridized carbons (Fsp3) is 0.312. The Morgan fingerprint density at radius 3 is 2.88 bits per heavy atom. The van der Waals surface area contributed by atoms with E-state index in [4.69, 9.17) is 10.6 Å². The van der Waals surface area contributed by atoms with Crippen LogP contribution in [0.15, 0.2) is 32.2 Å². The minimum atomic E-state index is -1.19. The van der Waals surface area contributed by atoms with Crippen LogP contribution >= 0.6 is 46.4 Å². The van der Waals surface area contributed by atoms with E-state index in [9.17, 15) is 19.5 Å². The number of carbonyl (C=O) groups is 3. The molecule has 2 amide bonds. The van der Waals surface area contributed by atoms with Gasteiger partial charge in [-0.3, -0.25) is 14.5 Å². The number of nitrogens with two attached hydrogens (primary N) is 1. The molecule has 4 heterocycles. The van der Waals surface area contributed by atoms with Gasteiger partial charge in [0.2, 0.25) is 0 Å². The summed E-state index contributed by atoms with van der Waals surface area (Å²) in [4.78, 5) is 47.5. The van der Waals surface area contributed by atoms with Gasteiger partial charge in [-0.15, -0.1) is 40.0 Å². The number of hydrogen-bond acceptors (Lipinski definition) is 13. The normalized spacial score (nSPS) is 20.0. The first-order chi connectivity index (χ1) is 15.4. The van der Waals surface area contributed by atoms with Crippen molar-refractivity contribution in [2.75, 3.05) is 24.3 Å². The van der Waals surface area contributed by atoms with Crippen molar-refractivity contribution >= 4 is 105 Å². The van der Waals surface area contributed by atoms with Crippen LogP contribution in [0.1, 0.15) is 5.69 Å². The molecule has 0 spiro atoms. The minimum absolute atomic E-state index is 0. The van der Waals surface area contributed by atoms with Gasteiger partial charge in [-0.05, 0) is 17.1 Å². The second kappa shape index (κ2) is 11.2. The molecule has 12 nitrogen and oxygen atoms in total. The van der Waals surface area contributed by atoms with E-state index >= 15 is 0 Å². The molecule has 33 heavy (non-hydrogen) atoms. The number of aromatic nitrogens is 3. The van der Waals surface area contributed by atoms with Crippen LogP contribution in [0.4, 0.5) is 5.13 Å². The van der Waals surface area contributed by atoms with Crippen molar-refractivity contribution in [2.24, 2.45) is 5.16 Å². The molecule has 0 unspecified atom stereocenters. The fourth-order valence-corrected chi connectivity index (χ4v) is 6.53. The predicted molar refractivity (Wildman–Crippen MR) is 126 cm³/mol. The third-order valence-corrected chi connectivity index (χ3v) is 8.36. The average molecular weight is 537 g/mol. The Balaban J connectivity index is 0.00000306. The van der Waals surface area contributed by atoms with E-state index in [0.717, 1.165) is 15.5 Å². The number of carboxylic acids is 1. The number of nitrogen functional groups attached to an aromatic ring is 1. The number of oxime groups is 1. The number of carbonyl (C=O) groups excluding carboxylic acids is 2. The summed E-state index contributed by atoms with van der Waals surface area (Å²) in [6.07, 6.45) is 1.60. The maximum absolute atomic E-state index is 12.8. The van der Waals surface area contributed by atoms with Crippen LogP contribution in [0, 0.1) is 0 Å². The van der Waals surface area contributed by atoms with Gasteiger partial charge in [0, 0.05) is 46.4 Å². The molecule has 2 aliphatic heterocycles. The molecule has 0 aliphatic carbocycles. The summed E-state index contributed by atoms with van der Waals surface area (Å²) in [5, 5.41) is 21.1. The quantitative estimate of drug-likeness (QED) is 0.137. The van der Waals surface area contributed by atoms with E-state index in [1.807, 2.05) is 0 Å². The predicted octanol–water partition coefficient (Wildman–Crippen LogP) is 0.0774. The molecule has 2 atom stereocenters. The fourth-order valence-electron chi connectivity index (χ4n) is 3.08. The number of hydrogen-bond donors (Lipinski definition) is 3. The summed E-state index contributed by atoms with van der Waals surface area (Å²) in [6.45, 7) is 0. The Morgan fingerprint density at radius 2 is 2.27 bits per heavy atom. The Kier molecular flexibility index (Phi) is 8.76. The second-order valence-electron chi connectivity index (χ2n) is 6.34. The summed E-state index contributed by atoms with van der Waals surface area (Å²) in [6, 6.07) is -0.903. The molecule has 2 aliphatic rings. The van der Waals surface area contributed by atoms with Crippen LogP contribution in [-0.2, 0) is 19.2 Å². The van der Waals surface area contributed by atoms with Crippen LogP contribution in [-0.4, -0.2) is 108 Å². The van der Waals surface area contributed by atoms with Crippen molar-refractivity contribution in [1.29, 1.82) is 0 Å². The number of thiazole rings is 1. The van der Waals surface area contributed by atoms with Crippen LogP contribution in [0.3, 0.4) is 0 Å². The molecule has 1 saturated heterocycles. The van der Waals surface area contributed by atoms with E-state index in [-0.39, 0.29) is 51.8 Å². The van der Waals surface area contributed by atoms with Crippen LogP contribution < -0.4 is 11.1 Å². The number of carboxylic acid groups (broad SMARTS) is 1. The molecule has 2 aromatic rings. The third kappa shape index (κ3) is 5.36. The van der Waals surface area contributed by atoms with E-state index in [1.165, 1.54) is 47.1 Å². The van der Waals surface area contributed by atoms with Gasteiger partial charge in [-0.1, -0.05) is 9.64 Å². The van der Waals surface area contributed by atoms with Gasteiger partial charge in [0.25, 0.3) is 11.8 Å². The number of nitrogens with zero attached hydrogens (tertiary/aromatic N) is 5. The Hall–Kier alpha value is -1.69. The molecule has 0 aromatic carbocycles. The van der Waals surface area contributed by atoms with Gasteiger partial charge in [-0.2, -0.15) is 0 Å².